The second kappa shape index (κ2) is 5.61. The second-order valence-corrected chi connectivity index (χ2v) is 5.88. The average molecular weight is 297 g/mol. The molecule has 0 bridgehead atoms. The van der Waals surface area contributed by atoms with Gasteiger partial charge in [-0.1, -0.05) is 6.07 Å². The van der Waals surface area contributed by atoms with Crippen molar-refractivity contribution in [2.24, 2.45) is 4.99 Å². The molecule has 21 heavy (non-hydrogen) atoms. The Labute approximate surface area is 126 Å². The molecule has 2 aromatic heterocycles. The van der Waals surface area contributed by atoms with Crippen molar-refractivity contribution in [3.05, 3.63) is 59.2 Å². The van der Waals surface area contributed by atoms with Crippen LogP contribution in [-0.4, -0.2) is 21.5 Å². The summed E-state index contributed by atoms with van der Waals surface area (Å²) in [5.41, 5.74) is 4.01. The maximum Gasteiger partial charge on any atom is 0.263 e. The van der Waals surface area contributed by atoms with Gasteiger partial charge in [-0.3, -0.25) is 14.4 Å². The van der Waals surface area contributed by atoms with Gasteiger partial charge in [-0.25, -0.2) is 4.98 Å². The van der Waals surface area contributed by atoms with Crippen molar-refractivity contribution in [1.29, 1.82) is 0 Å². The summed E-state index contributed by atoms with van der Waals surface area (Å²) in [5.74, 6) is -0.0784. The highest BCUT2D eigenvalue weighted by molar-refractivity contribution is 7.16. The number of hydrogen-bond acceptors (Lipinski definition) is 4. The first kappa shape index (κ1) is 13.7. The second-order valence-electron chi connectivity index (χ2n) is 4.99. The first-order valence-electron chi connectivity index (χ1n) is 6.74. The Bertz CT molecular complexity index is 861. The monoisotopic (exact) mass is 297 g/mol. The zero-order chi connectivity index (χ0) is 14.8. The number of pyridine rings is 1. The first-order chi connectivity index (χ1) is 10.1. The highest BCUT2D eigenvalue weighted by atomic mass is 32.1. The van der Waals surface area contributed by atoms with Crippen LogP contribution in [0, 0.1) is 0 Å². The van der Waals surface area contributed by atoms with Crippen molar-refractivity contribution >= 4 is 27.5 Å². The van der Waals surface area contributed by atoms with Crippen LogP contribution in [0.3, 0.4) is 0 Å². The van der Waals surface area contributed by atoms with Crippen LogP contribution in [0.1, 0.15) is 24.2 Å². The highest BCUT2D eigenvalue weighted by Crippen LogP contribution is 2.19. The van der Waals surface area contributed by atoms with Crippen molar-refractivity contribution < 1.29 is 4.79 Å². The van der Waals surface area contributed by atoms with Crippen molar-refractivity contribution in [3.8, 4) is 0 Å². The van der Waals surface area contributed by atoms with E-state index in [-0.39, 0.29) is 11.9 Å². The summed E-state index contributed by atoms with van der Waals surface area (Å²) < 4.78 is 2.60. The van der Waals surface area contributed by atoms with Crippen LogP contribution in [0.15, 0.2) is 53.1 Å². The van der Waals surface area contributed by atoms with Gasteiger partial charge in [0.05, 0.1) is 15.7 Å². The molecule has 0 aliphatic rings. The molecule has 3 aromatic rings. The lowest BCUT2D eigenvalue weighted by molar-refractivity contribution is 0.0954. The number of carbonyl (C=O) groups is 1. The SMILES string of the molecule is CC(C)N=c1ccccn1C(=O)c1ccc2ncsc2c1. The van der Waals surface area contributed by atoms with Crippen LogP contribution < -0.4 is 5.49 Å². The van der Waals surface area contributed by atoms with Crippen LogP contribution in [0.25, 0.3) is 10.2 Å². The van der Waals surface area contributed by atoms with E-state index in [0.717, 1.165) is 10.2 Å². The van der Waals surface area contributed by atoms with Gasteiger partial charge in [0.2, 0.25) is 0 Å². The third kappa shape index (κ3) is 2.78. The number of rotatable bonds is 2. The van der Waals surface area contributed by atoms with Gasteiger partial charge < -0.3 is 0 Å². The van der Waals surface area contributed by atoms with Gasteiger partial charge in [-0.05, 0) is 44.2 Å². The fourth-order valence-corrected chi connectivity index (χ4v) is 2.82. The molecule has 5 heteroatoms. The molecular weight excluding hydrogens is 282 g/mol. The third-order valence-corrected chi connectivity index (χ3v) is 3.82. The van der Waals surface area contributed by atoms with E-state index in [2.05, 4.69) is 9.98 Å². The lowest BCUT2D eigenvalue weighted by Gasteiger charge is -2.07. The van der Waals surface area contributed by atoms with E-state index in [4.69, 9.17) is 0 Å². The number of fused-ring (bicyclic) bond motifs is 1. The Balaban J connectivity index is 2.10. The Kier molecular flexibility index (Phi) is 3.66. The molecule has 0 aliphatic heterocycles. The van der Waals surface area contributed by atoms with E-state index in [1.807, 2.05) is 50.2 Å². The number of nitrogens with zero attached hydrogens (tertiary/aromatic N) is 3. The van der Waals surface area contributed by atoms with E-state index in [0.29, 0.717) is 11.1 Å². The van der Waals surface area contributed by atoms with Crippen LogP contribution in [0.5, 0.6) is 0 Å². The maximum atomic E-state index is 12.7. The molecule has 0 N–H and O–H groups in total. The minimum atomic E-state index is -0.0784. The Hall–Kier alpha value is -2.27. The molecular formula is C16H15N3OS. The predicted octanol–water partition coefficient (Wildman–Crippen LogP) is 3.10. The van der Waals surface area contributed by atoms with Gasteiger partial charge >= 0.3 is 0 Å². The van der Waals surface area contributed by atoms with E-state index in [9.17, 15) is 4.79 Å². The quantitative estimate of drug-likeness (QED) is 0.729. The van der Waals surface area contributed by atoms with Gasteiger partial charge in [0.1, 0.15) is 5.49 Å². The van der Waals surface area contributed by atoms with E-state index >= 15 is 0 Å². The van der Waals surface area contributed by atoms with E-state index in [1.54, 1.807) is 16.3 Å². The molecule has 0 spiro atoms. The molecule has 106 valence electrons. The molecule has 0 saturated heterocycles. The predicted molar refractivity (Wildman–Crippen MR) is 84.5 cm³/mol. The highest BCUT2D eigenvalue weighted by Gasteiger charge is 2.10. The molecule has 0 atom stereocenters. The minimum Gasteiger partial charge on any atom is -0.268 e. The lowest BCUT2D eigenvalue weighted by Crippen LogP contribution is -2.28. The number of benzene rings is 1. The van der Waals surface area contributed by atoms with Crippen molar-refractivity contribution in [3.63, 3.8) is 0 Å². The molecule has 1 aromatic carbocycles. The summed E-state index contributed by atoms with van der Waals surface area (Å²) in [6, 6.07) is 11.3. The van der Waals surface area contributed by atoms with Crippen LogP contribution in [-0.2, 0) is 0 Å². The summed E-state index contributed by atoms with van der Waals surface area (Å²) >= 11 is 1.53. The lowest BCUT2D eigenvalue weighted by atomic mass is 10.2. The molecule has 2 heterocycles. The van der Waals surface area contributed by atoms with Gasteiger partial charge in [0, 0.05) is 17.8 Å². The molecule has 0 aliphatic carbocycles. The van der Waals surface area contributed by atoms with Crippen LogP contribution >= 0.6 is 11.3 Å². The normalized spacial score (nSPS) is 12.2. The Morgan fingerprint density at radius 2 is 2.14 bits per heavy atom. The first-order valence-corrected chi connectivity index (χ1v) is 7.62. The summed E-state index contributed by atoms with van der Waals surface area (Å²) in [4.78, 5) is 21.4. The third-order valence-electron chi connectivity index (χ3n) is 3.03. The summed E-state index contributed by atoms with van der Waals surface area (Å²) in [7, 11) is 0. The van der Waals surface area contributed by atoms with Gasteiger partial charge in [0.25, 0.3) is 5.91 Å². The molecule has 4 nitrogen and oxygen atoms in total. The Morgan fingerprint density at radius 1 is 1.29 bits per heavy atom. The van der Waals surface area contributed by atoms with E-state index in [1.165, 1.54) is 11.3 Å². The fourth-order valence-electron chi connectivity index (χ4n) is 2.10. The summed E-state index contributed by atoms with van der Waals surface area (Å²) in [6.07, 6.45) is 1.75. The molecule has 0 amide bonds. The summed E-state index contributed by atoms with van der Waals surface area (Å²) in [6.45, 7) is 3.98. The topological polar surface area (TPSA) is 47.2 Å². The number of thiazole rings is 1. The largest absolute Gasteiger partial charge is 0.268 e. The van der Waals surface area contributed by atoms with E-state index < -0.39 is 0 Å². The standard InChI is InChI=1S/C16H15N3OS/c1-11(2)18-15-5-3-4-8-19(15)16(20)12-6-7-13-14(9-12)21-10-17-13/h3-11H,1-2H3. The fraction of sp³-hybridized carbons (Fsp3) is 0.188. The maximum absolute atomic E-state index is 12.7. The average Bonchev–Trinajstić information content (AvgIpc) is 2.94. The van der Waals surface area contributed by atoms with Gasteiger partial charge in [0.15, 0.2) is 0 Å². The molecule has 0 radical (unpaired) electrons. The van der Waals surface area contributed by atoms with Crippen molar-refractivity contribution in [1.82, 2.24) is 9.55 Å². The molecule has 0 fully saturated rings. The minimum absolute atomic E-state index is 0.0784. The molecule has 0 unspecified atom stereocenters. The smallest absolute Gasteiger partial charge is 0.263 e. The van der Waals surface area contributed by atoms with Crippen LogP contribution in [0.2, 0.25) is 0 Å². The van der Waals surface area contributed by atoms with Gasteiger partial charge in [-0.15, -0.1) is 11.3 Å². The van der Waals surface area contributed by atoms with Crippen molar-refractivity contribution in [2.45, 2.75) is 19.9 Å². The Morgan fingerprint density at radius 3 is 2.95 bits per heavy atom. The molecule has 0 saturated carbocycles. The summed E-state index contributed by atoms with van der Waals surface area (Å²) in [5, 5.41) is 0. The van der Waals surface area contributed by atoms with Crippen LogP contribution in [0.4, 0.5) is 0 Å². The zero-order valence-electron chi connectivity index (χ0n) is 11.9. The van der Waals surface area contributed by atoms with Crippen molar-refractivity contribution in [2.75, 3.05) is 0 Å². The number of hydrogen-bond donors (Lipinski definition) is 0. The zero-order valence-corrected chi connectivity index (χ0v) is 12.7. The molecule has 3 rings (SSSR count). The number of carbonyl (C=O) groups excluding carboxylic acids is 1. The number of aromatic nitrogens is 2. The van der Waals surface area contributed by atoms with Gasteiger partial charge in [-0.2, -0.15) is 0 Å².